The van der Waals surface area contributed by atoms with Gasteiger partial charge in [0.2, 0.25) is 5.82 Å². The summed E-state index contributed by atoms with van der Waals surface area (Å²) in [5.41, 5.74) is 1.06. The highest BCUT2D eigenvalue weighted by Gasteiger charge is 2.28. The second-order valence-electron chi connectivity index (χ2n) is 5.36. The lowest BCUT2D eigenvalue weighted by Crippen LogP contribution is -2.39. The average Bonchev–Trinajstić information content (AvgIpc) is 3.24. The molecule has 1 aliphatic rings. The van der Waals surface area contributed by atoms with Crippen molar-refractivity contribution in [1.82, 2.24) is 20.5 Å². The van der Waals surface area contributed by atoms with Gasteiger partial charge >= 0.3 is 0 Å². The first-order valence-corrected chi connectivity index (χ1v) is 7.14. The number of carbonyl (C=O) groups excluding carboxylic acids is 1. The third kappa shape index (κ3) is 3.46. The van der Waals surface area contributed by atoms with Gasteiger partial charge in [-0.3, -0.25) is 9.89 Å². The highest BCUT2D eigenvalue weighted by Crippen LogP contribution is 2.37. The molecule has 6 nitrogen and oxygen atoms in total. The van der Waals surface area contributed by atoms with Crippen LogP contribution in [0.1, 0.15) is 40.8 Å². The van der Waals surface area contributed by atoms with E-state index in [1.54, 1.807) is 0 Å². The van der Waals surface area contributed by atoms with Crippen molar-refractivity contribution in [3.05, 3.63) is 47.5 Å². The van der Waals surface area contributed by atoms with Crippen molar-refractivity contribution in [2.24, 2.45) is 0 Å². The second kappa shape index (κ2) is 6.05. The van der Waals surface area contributed by atoms with Gasteiger partial charge in [0.25, 0.3) is 5.91 Å². The quantitative estimate of drug-likeness (QED) is 0.739. The predicted octanol–water partition coefficient (Wildman–Crippen LogP) is 1.02. The average molecular weight is 286 g/mol. The molecule has 3 N–H and O–H groups in total. The van der Waals surface area contributed by atoms with Crippen LogP contribution in [0, 0.1) is 0 Å². The highest BCUT2D eigenvalue weighted by atomic mass is 16.3. The first-order valence-electron chi connectivity index (χ1n) is 7.14. The number of benzene rings is 1. The maximum absolute atomic E-state index is 12.1. The molecule has 21 heavy (non-hydrogen) atoms. The number of carbonyl (C=O) groups is 1. The number of hydrogen-bond acceptors (Lipinski definition) is 4. The SMILES string of the molecule is O=C(NC(CO)Cc1ccccc1)c1n[nH]c(C2CC2)n1. The molecule has 0 radical (unpaired) electrons. The van der Waals surface area contributed by atoms with E-state index in [0.29, 0.717) is 12.3 Å². The van der Waals surface area contributed by atoms with Gasteiger partial charge in [-0.05, 0) is 24.8 Å². The van der Waals surface area contributed by atoms with Crippen molar-refractivity contribution in [2.45, 2.75) is 31.2 Å². The summed E-state index contributed by atoms with van der Waals surface area (Å²) in [6, 6.07) is 9.39. The fraction of sp³-hybridized carbons (Fsp3) is 0.400. The predicted molar refractivity (Wildman–Crippen MR) is 76.8 cm³/mol. The van der Waals surface area contributed by atoms with Crippen LogP contribution in [0.3, 0.4) is 0 Å². The second-order valence-corrected chi connectivity index (χ2v) is 5.36. The summed E-state index contributed by atoms with van der Waals surface area (Å²) >= 11 is 0. The van der Waals surface area contributed by atoms with E-state index in [0.717, 1.165) is 24.2 Å². The Kier molecular flexibility index (Phi) is 3.96. The number of hydrogen-bond donors (Lipinski definition) is 3. The highest BCUT2D eigenvalue weighted by molar-refractivity contribution is 5.90. The summed E-state index contributed by atoms with van der Waals surface area (Å²) in [6.45, 7) is -0.124. The minimum Gasteiger partial charge on any atom is -0.394 e. The third-order valence-corrected chi connectivity index (χ3v) is 3.55. The number of nitrogens with one attached hydrogen (secondary N) is 2. The molecule has 3 rings (SSSR count). The van der Waals surface area contributed by atoms with E-state index < -0.39 is 0 Å². The number of amides is 1. The smallest absolute Gasteiger partial charge is 0.291 e. The standard InChI is InChI=1S/C15H18N4O2/c20-9-12(8-10-4-2-1-3-5-10)16-15(21)14-17-13(18-19-14)11-6-7-11/h1-5,11-12,20H,6-9H2,(H,16,21)(H,17,18,19). The Morgan fingerprint density at radius 1 is 1.38 bits per heavy atom. The molecule has 1 aliphatic carbocycles. The van der Waals surface area contributed by atoms with Crippen molar-refractivity contribution in [1.29, 1.82) is 0 Å². The van der Waals surface area contributed by atoms with Crippen molar-refractivity contribution in [3.63, 3.8) is 0 Å². The van der Waals surface area contributed by atoms with Gasteiger partial charge in [0.1, 0.15) is 5.82 Å². The molecule has 1 aromatic carbocycles. The Balaban J connectivity index is 1.61. The number of aliphatic hydroxyl groups is 1. The topological polar surface area (TPSA) is 90.9 Å². The fourth-order valence-corrected chi connectivity index (χ4v) is 2.22. The molecule has 1 atom stereocenters. The molecule has 1 saturated carbocycles. The summed E-state index contributed by atoms with van der Waals surface area (Å²) < 4.78 is 0. The van der Waals surface area contributed by atoms with Crippen molar-refractivity contribution in [2.75, 3.05) is 6.61 Å². The molecule has 0 saturated heterocycles. The molecular weight excluding hydrogens is 268 g/mol. The molecule has 6 heteroatoms. The Morgan fingerprint density at radius 2 is 2.14 bits per heavy atom. The maximum Gasteiger partial charge on any atom is 0.291 e. The molecular formula is C15H18N4O2. The summed E-state index contributed by atoms with van der Waals surface area (Å²) in [5, 5.41) is 18.9. The first kappa shape index (κ1) is 13.8. The van der Waals surface area contributed by atoms with E-state index in [4.69, 9.17) is 0 Å². The number of rotatable bonds is 6. The minimum atomic E-state index is -0.354. The van der Waals surface area contributed by atoms with Crippen LogP contribution in [0.4, 0.5) is 0 Å². The van der Waals surface area contributed by atoms with Gasteiger partial charge in [-0.25, -0.2) is 4.98 Å². The van der Waals surface area contributed by atoms with Gasteiger partial charge in [0.15, 0.2) is 0 Å². The lowest BCUT2D eigenvalue weighted by molar-refractivity contribution is 0.0906. The van der Waals surface area contributed by atoms with Crippen LogP contribution in [0.25, 0.3) is 0 Å². The van der Waals surface area contributed by atoms with Crippen LogP contribution in [0.2, 0.25) is 0 Å². The maximum atomic E-state index is 12.1. The van der Waals surface area contributed by atoms with E-state index in [9.17, 15) is 9.90 Å². The monoisotopic (exact) mass is 286 g/mol. The van der Waals surface area contributed by atoms with Gasteiger partial charge in [-0.2, -0.15) is 0 Å². The van der Waals surface area contributed by atoms with E-state index in [1.165, 1.54) is 0 Å². The zero-order valence-corrected chi connectivity index (χ0v) is 11.6. The van der Waals surface area contributed by atoms with Gasteiger partial charge < -0.3 is 10.4 Å². The molecule has 110 valence electrons. The fourth-order valence-electron chi connectivity index (χ4n) is 2.22. The molecule has 1 fully saturated rings. The summed E-state index contributed by atoms with van der Waals surface area (Å²) in [4.78, 5) is 16.3. The van der Waals surface area contributed by atoms with Crippen molar-refractivity contribution < 1.29 is 9.90 Å². The van der Waals surface area contributed by atoms with E-state index in [1.807, 2.05) is 30.3 Å². The van der Waals surface area contributed by atoms with Gasteiger partial charge in [-0.15, -0.1) is 5.10 Å². The minimum absolute atomic E-state index is 0.124. The third-order valence-electron chi connectivity index (χ3n) is 3.55. The summed E-state index contributed by atoms with van der Waals surface area (Å²) in [5.74, 6) is 0.998. The molecule has 1 aromatic heterocycles. The molecule has 2 aromatic rings. The molecule has 1 unspecified atom stereocenters. The Morgan fingerprint density at radius 3 is 2.81 bits per heavy atom. The Bertz CT molecular complexity index is 607. The Labute approximate surface area is 122 Å². The van der Waals surface area contributed by atoms with Crippen LogP contribution in [0.5, 0.6) is 0 Å². The van der Waals surface area contributed by atoms with Crippen LogP contribution >= 0.6 is 0 Å². The molecule has 1 amide bonds. The van der Waals surface area contributed by atoms with E-state index >= 15 is 0 Å². The lowest BCUT2D eigenvalue weighted by atomic mass is 10.1. The summed E-state index contributed by atoms with van der Waals surface area (Å²) in [6.07, 6.45) is 2.77. The first-order chi connectivity index (χ1) is 10.3. The number of aromatic amines is 1. The summed E-state index contributed by atoms with van der Waals surface area (Å²) in [7, 11) is 0. The van der Waals surface area contributed by atoms with E-state index in [-0.39, 0.29) is 24.4 Å². The lowest BCUT2D eigenvalue weighted by Gasteiger charge is -2.15. The zero-order valence-electron chi connectivity index (χ0n) is 11.6. The number of aliphatic hydroxyl groups excluding tert-OH is 1. The van der Waals surface area contributed by atoms with E-state index in [2.05, 4.69) is 20.5 Å². The number of H-pyrrole nitrogens is 1. The van der Waals surface area contributed by atoms with Crippen LogP contribution in [-0.4, -0.2) is 38.8 Å². The van der Waals surface area contributed by atoms with Crippen LogP contribution in [-0.2, 0) is 6.42 Å². The van der Waals surface area contributed by atoms with Crippen LogP contribution in [0.15, 0.2) is 30.3 Å². The van der Waals surface area contributed by atoms with Crippen molar-refractivity contribution >= 4 is 5.91 Å². The largest absolute Gasteiger partial charge is 0.394 e. The van der Waals surface area contributed by atoms with Gasteiger partial charge in [0.05, 0.1) is 12.6 Å². The molecule has 0 bridgehead atoms. The van der Waals surface area contributed by atoms with Gasteiger partial charge in [0, 0.05) is 5.92 Å². The van der Waals surface area contributed by atoms with Crippen LogP contribution < -0.4 is 5.32 Å². The normalized spacial score (nSPS) is 15.7. The number of aromatic nitrogens is 3. The molecule has 0 aliphatic heterocycles. The van der Waals surface area contributed by atoms with Gasteiger partial charge in [-0.1, -0.05) is 30.3 Å². The van der Waals surface area contributed by atoms with Crippen molar-refractivity contribution in [3.8, 4) is 0 Å². The number of nitrogens with zero attached hydrogens (tertiary/aromatic N) is 2. The molecule has 0 spiro atoms. The molecule has 1 heterocycles. The Hall–Kier alpha value is -2.21. The zero-order chi connectivity index (χ0) is 14.7.